The van der Waals surface area contributed by atoms with Gasteiger partial charge in [-0.1, -0.05) is 18.2 Å². The van der Waals surface area contributed by atoms with E-state index in [1.54, 1.807) is 30.3 Å². The average molecular weight is 353 g/mol. The fourth-order valence-corrected chi connectivity index (χ4v) is 2.38. The number of hydrogen-bond acceptors (Lipinski definition) is 3. The van der Waals surface area contributed by atoms with E-state index in [-0.39, 0.29) is 30.6 Å². The van der Waals surface area contributed by atoms with E-state index in [1.807, 2.05) is 26.0 Å². The number of carbonyl (C=O) groups is 3. The van der Waals surface area contributed by atoms with Crippen molar-refractivity contribution < 1.29 is 14.4 Å². The van der Waals surface area contributed by atoms with E-state index in [0.717, 1.165) is 11.1 Å². The van der Waals surface area contributed by atoms with Crippen molar-refractivity contribution in [3.63, 3.8) is 0 Å². The zero-order valence-electron chi connectivity index (χ0n) is 15.2. The number of urea groups is 1. The van der Waals surface area contributed by atoms with Crippen LogP contribution in [0.5, 0.6) is 0 Å². The van der Waals surface area contributed by atoms with E-state index >= 15 is 0 Å². The van der Waals surface area contributed by atoms with Gasteiger partial charge in [0.1, 0.15) is 0 Å². The van der Waals surface area contributed by atoms with Crippen LogP contribution in [0.15, 0.2) is 42.5 Å². The second-order valence-corrected chi connectivity index (χ2v) is 6.06. The molecular weight excluding hydrogens is 330 g/mol. The van der Waals surface area contributed by atoms with Crippen LogP contribution < -0.4 is 16.0 Å². The van der Waals surface area contributed by atoms with Crippen molar-refractivity contribution in [1.29, 1.82) is 0 Å². The Morgan fingerprint density at radius 2 is 1.54 bits per heavy atom. The molecule has 2 rings (SSSR count). The molecule has 6 nitrogen and oxygen atoms in total. The number of carbonyl (C=O) groups excluding carboxylic acids is 3. The third-order valence-corrected chi connectivity index (χ3v) is 4.04. The highest BCUT2D eigenvalue weighted by molar-refractivity contribution is 6.00. The van der Waals surface area contributed by atoms with Gasteiger partial charge in [0.05, 0.1) is 0 Å². The Kier molecular flexibility index (Phi) is 6.49. The number of anilines is 2. The van der Waals surface area contributed by atoms with Gasteiger partial charge in [-0.05, 0) is 49.2 Å². The van der Waals surface area contributed by atoms with Crippen LogP contribution in [0.1, 0.15) is 34.3 Å². The molecule has 0 heterocycles. The number of benzene rings is 2. The maximum absolute atomic E-state index is 12.2. The zero-order chi connectivity index (χ0) is 19.1. The first-order chi connectivity index (χ1) is 12.4. The largest absolute Gasteiger partial charge is 0.341 e. The molecule has 26 heavy (non-hydrogen) atoms. The SMILES string of the molecule is CNC(=O)Nc1cccc(NC(=O)CCC(=O)c2ccc(C)c(C)c2)c1. The van der Waals surface area contributed by atoms with Gasteiger partial charge in [-0.2, -0.15) is 0 Å². The highest BCUT2D eigenvalue weighted by Gasteiger charge is 2.11. The molecule has 3 amide bonds. The van der Waals surface area contributed by atoms with Gasteiger partial charge >= 0.3 is 6.03 Å². The summed E-state index contributed by atoms with van der Waals surface area (Å²) in [6.07, 6.45) is 0.239. The van der Waals surface area contributed by atoms with Gasteiger partial charge in [-0.15, -0.1) is 0 Å². The van der Waals surface area contributed by atoms with Crippen LogP contribution in [0.3, 0.4) is 0 Å². The van der Waals surface area contributed by atoms with Crippen LogP contribution >= 0.6 is 0 Å². The lowest BCUT2D eigenvalue weighted by atomic mass is 10.0. The second-order valence-electron chi connectivity index (χ2n) is 6.06. The third-order valence-electron chi connectivity index (χ3n) is 4.04. The van der Waals surface area contributed by atoms with Crippen molar-refractivity contribution >= 4 is 29.1 Å². The Bertz CT molecular complexity index is 831. The van der Waals surface area contributed by atoms with E-state index in [4.69, 9.17) is 0 Å². The van der Waals surface area contributed by atoms with E-state index in [1.165, 1.54) is 7.05 Å². The number of rotatable bonds is 6. The highest BCUT2D eigenvalue weighted by Crippen LogP contribution is 2.16. The minimum atomic E-state index is -0.340. The predicted octanol–water partition coefficient (Wildman–Crippen LogP) is 3.66. The number of nitrogens with one attached hydrogen (secondary N) is 3. The van der Waals surface area contributed by atoms with Gasteiger partial charge in [-0.3, -0.25) is 9.59 Å². The molecule has 136 valence electrons. The predicted molar refractivity (Wildman–Crippen MR) is 103 cm³/mol. The van der Waals surface area contributed by atoms with E-state index in [0.29, 0.717) is 16.9 Å². The van der Waals surface area contributed by atoms with Crippen molar-refractivity contribution in [3.8, 4) is 0 Å². The van der Waals surface area contributed by atoms with Crippen LogP contribution in [0.25, 0.3) is 0 Å². The molecule has 0 unspecified atom stereocenters. The standard InChI is InChI=1S/C20H23N3O3/c1-13-7-8-15(11-14(13)2)18(24)9-10-19(25)22-16-5-4-6-17(12-16)23-20(26)21-3/h4-8,11-12H,9-10H2,1-3H3,(H,22,25)(H2,21,23,26). The molecule has 6 heteroatoms. The molecule has 0 aliphatic carbocycles. The molecule has 0 aliphatic rings. The van der Waals surface area contributed by atoms with Crippen molar-refractivity contribution in [2.75, 3.05) is 17.7 Å². The van der Waals surface area contributed by atoms with Crippen molar-refractivity contribution in [3.05, 3.63) is 59.2 Å². The Balaban J connectivity index is 1.90. The summed E-state index contributed by atoms with van der Waals surface area (Å²) in [4.78, 5) is 35.7. The fourth-order valence-electron chi connectivity index (χ4n) is 2.38. The lowest BCUT2D eigenvalue weighted by molar-refractivity contribution is -0.116. The van der Waals surface area contributed by atoms with Crippen molar-refractivity contribution in [2.24, 2.45) is 0 Å². The summed E-state index contributed by atoms with van der Waals surface area (Å²) in [7, 11) is 1.52. The number of aryl methyl sites for hydroxylation is 2. The summed E-state index contributed by atoms with van der Waals surface area (Å²) in [6.45, 7) is 3.95. The Labute approximate surface area is 153 Å². The maximum Gasteiger partial charge on any atom is 0.318 e. The van der Waals surface area contributed by atoms with Crippen LogP contribution in [0.4, 0.5) is 16.2 Å². The number of hydrogen-bond donors (Lipinski definition) is 3. The van der Waals surface area contributed by atoms with Gasteiger partial charge in [0, 0.05) is 36.8 Å². The normalized spacial score (nSPS) is 10.1. The maximum atomic E-state index is 12.2. The van der Waals surface area contributed by atoms with Crippen LogP contribution in [0, 0.1) is 13.8 Å². The zero-order valence-corrected chi connectivity index (χ0v) is 15.2. The second kappa shape index (κ2) is 8.80. The summed E-state index contributed by atoms with van der Waals surface area (Å²) < 4.78 is 0. The highest BCUT2D eigenvalue weighted by atomic mass is 16.2. The number of ketones is 1. The molecule has 0 radical (unpaired) electrons. The van der Waals surface area contributed by atoms with Crippen LogP contribution in [-0.2, 0) is 4.79 Å². The Morgan fingerprint density at radius 1 is 0.846 bits per heavy atom. The van der Waals surface area contributed by atoms with Crippen LogP contribution in [0.2, 0.25) is 0 Å². The van der Waals surface area contributed by atoms with Gasteiger partial charge in [0.25, 0.3) is 0 Å². The van der Waals surface area contributed by atoms with Gasteiger partial charge < -0.3 is 16.0 Å². The number of amides is 3. The Hall–Kier alpha value is -3.15. The molecule has 0 saturated heterocycles. The van der Waals surface area contributed by atoms with E-state index in [9.17, 15) is 14.4 Å². The first-order valence-electron chi connectivity index (χ1n) is 8.38. The monoisotopic (exact) mass is 353 g/mol. The first kappa shape index (κ1) is 19.2. The van der Waals surface area contributed by atoms with E-state index in [2.05, 4.69) is 16.0 Å². The molecule has 0 aliphatic heterocycles. The molecule has 2 aromatic rings. The average Bonchev–Trinajstić information content (AvgIpc) is 2.62. The quantitative estimate of drug-likeness (QED) is 0.693. The third kappa shape index (κ3) is 5.44. The Morgan fingerprint density at radius 3 is 2.19 bits per heavy atom. The molecule has 0 aromatic heterocycles. The summed E-state index contributed by atoms with van der Waals surface area (Å²) in [5.74, 6) is -0.308. The van der Waals surface area contributed by atoms with Gasteiger partial charge in [-0.25, -0.2) is 4.79 Å². The van der Waals surface area contributed by atoms with Crippen molar-refractivity contribution in [2.45, 2.75) is 26.7 Å². The van der Waals surface area contributed by atoms with Crippen LogP contribution in [-0.4, -0.2) is 24.8 Å². The molecular formula is C20H23N3O3. The number of Topliss-reactive ketones (excluding diaryl/α,β-unsaturated/α-hetero) is 1. The molecule has 0 saturated carbocycles. The first-order valence-corrected chi connectivity index (χ1v) is 8.38. The molecule has 3 N–H and O–H groups in total. The fraction of sp³-hybridized carbons (Fsp3) is 0.250. The van der Waals surface area contributed by atoms with E-state index < -0.39 is 0 Å². The molecule has 2 aromatic carbocycles. The minimum Gasteiger partial charge on any atom is -0.341 e. The minimum absolute atomic E-state index is 0.0571. The van der Waals surface area contributed by atoms with Gasteiger partial charge in [0.2, 0.25) is 5.91 Å². The molecule has 0 spiro atoms. The smallest absolute Gasteiger partial charge is 0.318 e. The molecule has 0 atom stereocenters. The molecule has 0 fully saturated rings. The summed E-state index contributed by atoms with van der Waals surface area (Å²) >= 11 is 0. The van der Waals surface area contributed by atoms with Crippen molar-refractivity contribution in [1.82, 2.24) is 5.32 Å². The lowest BCUT2D eigenvalue weighted by Crippen LogP contribution is -2.24. The summed E-state index contributed by atoms with van der Waals surface area (Å²) in [5, 5.41) is 7.82. The molecule has 0 bridgehead atoms. The lowest BCUT2D eigenvalue weighted by Gasteiger charge is -2.09. The topological polar surface area (TPSA) is 87.3 Å². The summed E-state index contributed by atoms with van der Waals surface area (Å²) in [6, 6.07) is 12.0. The summed E-state index contributed by atoms with van der Waals surface area (Å²) in [5.41, 5.74) is 3.93. The van der Waals surface area contributed by atoms with Gasteiger partial charge in [0.15, 0.2) is 5.78 Å².